The van der Waals surface area contributed by atoms with Crippen LogP contribution in [0.4, 0.5) is 0 Å². The van der Waals surface area contributed by atoms with Gasteiger partial charge in [-0.2, -0.15) is 0 Å². The van der Waals surface area contributed by atoms with Gasteiger partial charge in [-0.3, -0.25) is 9.20 Å². The summed E-state index contributed by atoms with van der Waals surface area (Å²) >= 11 is 1.44. The van der Waals surface area contributed by atoms with Gasteiger partial charge in [0.1, 0.15) is 0 Å². The Morgan fingerprint density at radius 2 is 1.80 bits per heavy atom. The predicted molar refractivity (Wildman–Crippen MR) is 123 cm³/mol. The second-order valence-corrected chi connectivity index (χ2v) is 9.02. The Hall–Kier alpha value is -2.86. The molecule has 2 unspecified atom stereocenters. The van der Waals surface area contributed by atoms with Crippen molar-refractivity contribution >= 4 is 34.2 Å². The van der Waals surface area contributed by atoms with Gasteiger partial charge in [0.2, 0.25) is 5.91 Å². The van der Waals surface area contributed by atoms with Gasteiger partial charge >= 0.3 is 0 Å². The molecule has 154 valence electrons. The van der Waals surface area contributed by atoms with E-state index in [1.54, 1.807) is 0 Å². The van der Waals surface area contributed by atoms with Crippen LogP contribution in [0.5, 0.6) is 0 Å². The van der Waals surface area contributed by atoms with Crippen LogP contribution in [0.1, 0.15) is 31.4 Å². The highest BCUT2D eigenvalue weighted by atomic mass is 32.2. The topological polar surface area (TPSA) is 59.3 Å². The molecule has 2 heterocycles. The van der Waals surface area contributed by atoms with Crippen molar-refractivity contribution in [2.45, 2.75) is 50.1 Å². The molecule has 0 radical (unpaired) electrons. The van der Waals surface area contributed by atoms with Crippen LogP contribution in [0.3, 0.4) is 0 Å². The number of aromatic nitrogens is 3. The SMILES string of the molecule is Cc1cc2nnc(SC(C)C(=O)NC(C)CCc3ccccc3)n2c2ccccc12. The Balaban J connectivity index is 1.44. The summed E-state index contributed by atoms with van der Waals surface area (Å²) in [5, 5.41) is 13.5. The van der Waals surface area contributed by atoms with E-state index in [4.69, 9.17) is 0 Å². The van der Waals surface area contributed by atoms with Gasteiger partial charge in [-0.15, -0.1) is 10.2 Å². The van der Waals surface area contributed by atoms with E-state index in [-0.39, 0.29) is 17.2 Å². The van der Waals surface area contributed by atoms with Crippen LogP contribution in [0, 0.1) is 6.92 Å². The number of aryl methyl sites for hydroxylation is 2. The molecule has 0 aliphatic heterocycles. The van der Waals surface area contributed by atoms with Crippen molar-refractivity contribution in [1.29, 1.82) is 0 Å². The molecule has 1 N–H and O–H groups in total. The lowest BCUT2D eigenvalue weighted by Gasteiger charge is -2.17. The first-order valence-electron chi connectivity index (χ1n) is 10.3. The molecule has 2 aromatic carbocycles. The van der Waals surface area contributed by atoms with Crippen molar-refractivity contribution < 1.29 is 4.79 Å². The van der Waals surface area contributed by atoms with Crippen molar-refractivity contribution in [1.82, 2.24) is 19.9 Å². The molecular formula is C24H26N4OS. The molecule has 6 heteroatoms. The number of pyridine rings is 1. The Morgan fingerprint density at radius 3 is 2.60 bits per heavy atom. The molecule has 30 heavy (non-hydrogen) atoms. The zero-order valence-electron chi connectivity index (χ0n) is 17.5. The van der Waals surface area contributed by atoms with E-state index in [1.165, 1.54) is 28.3 Å². The van der Waals surface area contributed by atoms with Gasteiger partial charge in [0.25, 0.3) is 0 Å². The average Bonchev–Trinajstić information content (AvgIpc) is 3.15. The number of hydrogen-bond donors (Lipinski definition) is 1. The fourth-order valence-electron chi connectivity index (χ4n) is 3.62. The minimum atomic E-state index is -0.267. The monoisotopic (exact) mass is 418 g/mol. The van der Waals surface area contributed by atoms with Crippen LogP contribution >= 0.6 is 11.8 Å². The number of carbonyl (C=O) groups excluding carboxylic acids is 1. The highest BCUT2D eigenvalue weighted by Crippen LogP contribution is 2.28. The first-order chi connectivity index (χ1) is 14.5. The maximum atomic E-state index is 12.8. The molecule has 0 saturated carbocycles. The lowest BCUT2D eigenvalue weighted by Crippen LogP contribution is -2.37. The van der Waals surface area contributed by atoms with Gasteiger partial charge in [0.15, 0.2) is 10.8 Å². The molecule has 5 nitrogen and oxygen atoms in total. The van der Waals surface area contributed by atoms with Crippen LogP contribution in [0.2, 0.25) is 0 Å². The molecule has 4 rings (SSSR count). The minimum Gasteiger partial charge on any atom is -0.353 e. The lowest BCUT2D eigenvalue weighted by molar-refractivity contribution is -0.120. The summed E-state index contributed by atoms with van der Waals surface area (Å²) in [6.45, 7) is 6.05. The summed E-state index contributed by atoms with van der Waals surface area (Å²) in [6, 6.07) is 20.7. The summed E-state index contributed by atoms with van der Waals surface area (Å²) in [4.78, 5) is 12.8. The number of nitrogens with one attached hydrogen (secondary N) is 1. The van der Waals surface area contributed by atoms with Crippen molar-refractivity contribution in [3.05, 3.63) is 71.8 Å². The molecule has 0 aliphatic carbocycles. The number of amides is 1. The Bertz CT molecular complexity index is 1170. The van der Waals surface area contributed by atoms with Crippen molar-refractivity contribution in [2.24, 2.45) is 0 Å². The predicted octanol–water partition coefficient (Wildman–Crippen LogP) is 4.81. The number of para-hydroxylation sites is 1. The number of rotatable bonds is 7. The van der Waals surface area contributed by atoms with Gasteiger partial charge < -0.3 is 5.32 Å². The van der Waals surface area contributed by atoms with Crippen molar-refractivity contribution in [3.63, 3.8) is 0 Å². The summed E-state index contributed by atoms with van der Waals surface area (Å²) in [5.74, 6) is 0.0220. The fraction of sp³-hybridized carbons (Fsp3) is 0.292. The first-order valence-corrected chi connectivity index (χ1v) is 11.2. The standard InChI is InChI=1S/C24H26N4OS/c1-16-15-22-26-27-24(28(22)21-12-8-7-11-20(16)21)30-18(3)23(29)25-17(2)13-14-19-9-5-4-6-10-19/h4-12,15,17-18H,13-14H2,1-3H3,(H,25,29). The smallest absolute Gasteiger partial charge is 0.233 e. The Kier molecular flexibility index (Phi) is 6.04. The van der Waals surface area contributed by atoms with Crippen LogP contribution in [-0.4, -0.2) is 31.8 Å². The van der Waals surface area contributed by atoms with Crippen LogP contribution in [0.15, 0.2) is 65.8 Å². The molecule has 4 aromatic rings. The van der Waals surface area contributed by atoms with E-state index in [0.717, 1.165) is 29.2 Å². The maximum Gasteiger partial charge on any atom is 0.233 e. The van der Waals surface area contributed by atoms with E-state index >= 15 is 0 Å². The van der Waals surface area contributed by atoms with E-state index in [2.05, 4.69) is 53.6 Å². The van der Waals surface area contributed by atoms with Gasteiger partial charge in [0, 0.05) is 11.4 Å². The van der Waals surface area contributed by atoms with Gasteiger partial charge in [-0.1, -0.05) is 60.3 Å². The van der Waals surface area contributed by atoms with E-state index < -0.39 is 0 Å². The third kappa shape index (κ3) is 4.33. The third-order valence-corrected chi connectivity index (χ3v) is 6.37. The second kappa shape index (κ2) is 8.88. The molecule has 2 aromatic heterocycles. The molecule has 0 bridgehead atoms. The molecular weight excluding hydrogens is 392 g/mol. The number of hydrogen-bond acceptors (Lipinski definition) is 4. The molecule has 0 spiro atoms. The first kappa shape index (κ1) is 20.4. The maximum absolute atomic E-state index is 12.8. The quantitative estimate of drug-likeness (QED) is 0.438. The zero-order valence-corrected chi connectivity index (χ0v) is 18.3. The number of benzene rings is 2. The summed E-state index contributed by atoms with van der Waals surface area (Å²) in [6.07, 6.45) is 1.86. The normalized spacial score (nSPS) is 13.4. The molecule has 0 saturated heterocycles. The summed E-state index contributed by atoms with van der Waals surface area (Å²) in [7, 11) is 0. The number of fused-ring (bicyclic) bond motifs is 3. The minimum absolute atomic E-state index is 0.0220. The van der Waals surface area contributed by atoms with Gasteiger partial charge in [-0.25, -0.2) is 0 Å². The summed E-state index contributed by atoms with van der Waals surface area (Å²) in [5.41, 5.74) is 4.32. The summed E-state index contributed by atoms with van der Waals surface area (Å²) < 4.78 is 2.04. The molecule has 0 fully saturated rings. The molecule has 2 atom stereocenters. The van der Waals surface area contributed by atoms with Crippen LogP contribution in [-0.2, 0) is 11.2 Å². The Morgan fingerprint density at radius 1 is 1.07 bits per heavy atom. The number of carbonyl (C=O) groups is 1. The Labute approximate surface area is 180 Å². The highest BCUT2D eigenvalue weighted by Gasteiger charge is 2.20. The largest absolute Gasteiger partial charge is 0.353 e. The number of thioether (sulfide) groups is 1. The van der Waals surface area contributed by atoms with E-state index in [0.29, 0.717) is 0 Å². The molecule has 1 amide bonds. The van der Waals surface area contributed by atoms with E-state index in [1.807, 2.05) is 47.7 Å². The third-order valence-electron chi connectivity index (χ3n) is 5.32. The highest BCUT2D eigenvalue weighted by molar-refractivity contribution is 8.00. The van der Waals surface area contributed by atoms with Crippen LogP contribution in [0.25, 0.3) is 16.6 Å². The van der Waals surface area contributed by atoms with Crippen molar-refractivity contribution in [3.8, 4) is 0 Å². The van der Waals surface area contributed by atoms with Crippen molar-refractivity contribution in [2.75, 3.05) is 0 Å². The average molecular weight is 419 g/mol. The van der Waals surface area contributed by atoms with Gasteiger partial charge in [-0.05, 0) is 56.9 Å². The second-order valence-electron chi connectivity index (χ2n) is 7.71. The van der Waals surface area contributed by atoms with Crippen LogP contribution < -0.4 is 5.32 Å². The number of nitrogens with zero attached hydrogens (tertiary/aromatic N) is 3. The zero-order chi connectivity index (χ0) is 21.1. The fourth-order valence-corrected chi connectivity index (χ4v) is 4.50. The van der Waals surface area contributed by atoms with E-state index in [9.17, 15) is 4.79 Å². The van der Waals surface area contributed by atoms with Gasteiger partial charge in [0.05, 0.1) is 10.8 Å². The lowest BCUT2D eigenvalue weighted by atomic mass is 10.1. The molecule has 0 aliphatic rings.